The van der Waals surface area contributed by atoms with Crippen LogP contribution in [-0.4, -0.2) is 59.5 Å². The predicted molar refractivity (Wildman–Crippen MR) is 110 cm³/mol. The summed E-state index contributed by atoms with van der Waals surface area (Å²) in [7, 11) is 1.74. The summed E-state index contributed by atoms with van der Waals surface area (Å²) in [6.07, 6.45) is 2.40. The van der Waals surface area contributed by atoms with Crippen LogP contribution in [0, 0.1) is 19.8 Å². The quantitative estimate of drug-likeness (QED) is 0.796. The van der Waals surface area contributed by atoms with Crippen LogP contribution in [0.3, 0.4) is 0 Å². The summed E-state index contributed by atoms with van der Waals surface area (Å²) in [5, 5.41) is 0.965. The molecule has 0 N–H and O–H groups in total. The normalized spacial score (nSPS) is 31.1. The van der Waals surface area contributed by atoms with Crippen molar-refractivity contribution in [3.8, 4) is 5.75 Å². The van der Waals surface area contributed by atoms with Crippen molar-refractivity contribution in [2.75, 3.05) is 26.7 Å². The first-order chi connectivity index (χ1) is 13.6. The molecular weight excluding hydrogens is 370 g/mol. The third-order valence-corrected chi connectivity index (χ3v) is 7.95. The highest BCUT2D eigenvalue weighted by atomic mass is 32.1. The molecule has 0 spiro atoms. The molecule has 4 aliphatic rings. The van der Waals surface area contributed by atoms with Gasteiger partial charge in [0.05, 0.1) is 23.9 Å². The molecule has 6 heteroatoms. The minimum absolute atomic E-state index is 0.171. The first kappa shape index (κ1) is 18.1. The number of hydrogen-bond acceptors (Lipinski definition) is 5. The molecule has 5 nitrogen and oxygen atoms in total. The maximum atomic E-state index is 13.6. The Morgan fingerprint density at radius 3 is 2.61 bits per heavy atom. The van der Waals surface area contributed by atoms with Crippen LogP contribution in [0.15, 0.2) is 24.3 Å². The van der Waals surface area contributed by atoms with Crippen LogP contribution in [-0.2, 0) is 0 Å². The number of hydrogen-bond donors (Lipinski definition) is 0. The fourth-order valence-corrected chi connectivity index (χ4v) is 6.64. The number of methoxy groups -OCH3 is 1. The molecule has 4 fully saturated rings. The van der Waals surface area contributed by atoms with Gasteiger partial charge in [0.15, 0.2) is 0 Å². The van der Waals surface area contributed by atoms with Gasteiger partial charge in [0, 0.05) is 24.1 Å². The van der Waals surface area contributed by atoms with E-state index in [-0.39, 0.29) is 5.91 Å². The zero-order valence-electron chi connectivity index (χ0n) is 16.7. The first-order valence-corrected chi connectivity index (χ1v) is 11.0. The van der Waals surface area contributed by atoms with Crippen LogP contribution in [0.1, 0.15) is 44.7 Å². The lowest BCUT2D eigenvalue weighted by molar-refractivity contribution is -0.00338. The van der Waals surface area contributed by atoms with Crippen LogP contribution in [0.4, 0.5) is 0 Å². The number of carbonyl (C=O) groups is 1. The first-order valence-electron chi connectivity index (χ1n) is 10.2. The number of benzene rings is 1. The van der Waals surface area contributed by atoms with Crippen molar-refractivity contribution >= 4 is 17.2 Å². The zero-order valence-corrected chi connectivity index (χ0v) is 17.5. The topological polar surface area (TPSA) is 45.7 Å². The summed E-state index contributed by atoms with van der Waals surface area (Å²) < 4.78 is 5.69. The van der Waals surface area contributed by atoms with Crippen LogP contribution in [0.5, 0.6) is 5.75 Å². The molecule has 3 atom stereocenters. The van der Waals surface area contributed by atoms with Crippen LogP contribution in [0.25, 0.3) is 0 Å². The summed E-state index contributed by atoms with van der Waals surface area (Å²) in [5.74, 6) is 2.01. The number of ether oxygens (including phenoxy) is 1. The zero-order chi connectivity index (χ0) is 19.4. The molecule has 1 amide bonds. The van der Waals surface area contributed by atoms with E-state index in [1.807, 2.05) is 26.0 Å². The van der Waals surface area contributed by atoms with E-state index in [4.69, 9.17) is 4.74 Å². The van der Waals surface area contributed by atoms with Gasteiger partial charge in [-0.2, -0.15) is 0 Å². The summed E-state index contributed by atoms with van der Waals surface area (Å²) in [5.41, 5.74) is 2.10. The Morgan fingerprint density at radius 1 is 1.18 bits per heavy atom. The second-order valence-corrected chi connectivity index (χ2v) is 9.51. The van der Waals surface area contributed by atoms with Gasteiger partial charge in [-0.05, 0) is 51.8 Å². The number of fused-ring (bicyclic) bond motifs is 2. The number of rotatable bonds is 3. The van der Waals surface area contributed by atoms with Crippen molar-refractivity contribution in [1.82, 2.24) is 14.8 Å². The number of carbonyl (C=O) groups excluding carboxylic acids is 1. The molecular formula is C22H27N3O2S. The molecule has 4 aliphatic heterocycles. The third kappa shape index (κ3) is 2.69. The Morgan fingerprint density at radius 2 is 1.93 bits per heavy atom. The lowest BCUT2D eigenvalue weighted by Crippen LogP contribution is -2.60. The number of likely N-dealkylation sites (tertiary alicyclic amines) is 1. The van der Waals surface area contributed by atoms with E-state index in [1.165, 1.54) is 29.7 Å². The average molecular weight is 398 g/mol. The van der Waals surface area contributed by atoms with Crippen molar-refractivity contribution in [2.45, 2.75) is 44.7 Å². The van der Waals surface area contributed by atoms with Gasteiger partial charge in [-0.3, -0.25) is 9.69 Å². The number of aryl methyl sites for hydroxylation is 2. The molecule has 1 aromatic heterocycles. The van der Waals surface area contributed by atoms with Crippen molar-refractivity contribution in [1.29, 1.82) is 0 Å². The SMILES string of the molecule is COc1ccccc1[C@H]1CN(C(=O)c2sc(C)nc2C)[C@@H]2C3CCN(CC3)[C@H]12. The monoisotopic (exact) mass is 397 g/mol. The van der Waals surface area contributed by atoms with Crippen molar-refractivity contribution in [3.05, 3.63) is 45.4 Å². The van der Waals surface area contributed by atoms with Crippen LogP contribution < -0.4 is 4.74 Å². The standard InChI is InChI=1S/C22H27N3O2S/c1-13-21(28-14(2)23-13)22(26)25-12-17(16-6-4-5-7-18(16)27-3)20-19(25)15-8-10-24(20)11-9-15/h4-7,15,17,19-20H,8-12H2,1-3H3/t17-,19-,20-/m1/s1. The number of amides is 1. The van der Waals surface area contributed by atoms with Crippen LogP contribution in [0.2, 0.25) is 0 Å². The average Bonchev–Trinajstić information content (AvgIpc) is 3.30. The Hall–Kier alpha value is -1.92. The molecule has 5 heterocycles. The van der Waals surface area contributed by atoms with E-state index in [0.29, 0.717) is 23.9 Å². The maximum Gasteiger partial charge on any atom is 0.266 e. The molecule has 1 aromatic carbocycles. The minimum Gasteiger partial charge on any atom is -0.496 e. The largest absolute Gasteiger partial charge is 0.496 e. The molecule has 6 rings (SSSR count). The van der Waals surface area contributed by atoms with E-state index in [2.05, 4.69) is 26.9 Å². The molecule has 2 aromatic rings. The lowest BCUT2D eigenvalue weighted by atomic mass is 9.75. The Bertz CT molecular complexity index is 903. The van der Waals surface area contributed by atoms with Gasteiger partial charge in [0.1, 0.15) is 10.6 Å². The molecule has 28 heavy (non-hydrogen) atoms. The fraction of sp³-hybridized carbons (Fsp3) is 0.545. The highest BCUT2D eigenvalue weighted by Gasteiger charge is 2.55. The molecule has 2 bridgehead atoms. The molecule has 0 unspecified atom stereocenters. The molecule has 0 aliphatic carbocycles. The van der Waals surface area contributed by atoms with Gasteiger partial charge in [-0.25, -0.2) is 4.98 Å². The Balaban J connectivity index is 1.56. The van der Waals surface area contributed by atoms with Gasteiger partial charge >= 0.3 is 0 Å². The summed E-state index contributed by atoms with van der Waals surface area (Å²) in [6, 6.07) is 9.02. The second-order valence-electron chi connectivity index (χ2n) is 8.31. The maximum absolute atomic E-state index is 13.6. The fourth-order valence-electron chi connectivity index (χ4n) is 5.76. The summed E-state index contributed by atoms with van der Waals surface area (Å²) in [4.78, 5) is 23.7. The van der Waals surface area contributed by atoms with Crippen molar-refractivity contribution in [2.24, 2.45) is 5.92 Å². The minimum atomic E-state index is 0.171. The van der Waals surface area contributed by atoms with E-state index >= 15 is 0 Å². The highest BCUT2D eigenvalue weighted by molar-refractivity contribution is 7.13. The smallest absolute Gasteiger partial charge is 0.266 e. The number of thiazole rings is 1. The van der Waals surface area contributed by atoms with E-state index in [0.717, 1.165) is 41.0 Å². The lowest BCUT2D eigenvalue weighted by Gasteiger charge is -2.51. The summed E-state index contributed by atoms with van der Waals surface area (Å²) in [6.45, 7) is 7.00. The van der Waals surface area contributed by atoms with Gasteiger partial charge in [0.25, 0.3) is 5.91 Å². The third-order valence-electron chi connectivity index (χ3n) is 6.89. The number of aromatic nitrogens is 1. The van der Waals surface area contributed by atoms with E-state index in [9.17, 15) is 4.79 Å². The molecule has 0 radical (unpaired) electrons. The van der Waals surface area contributed by atoms with E-state index in [1.54, 1.807) is 7.11 Å². The van der Waals surface area contributed by atoms with Crippen molar-refractivity contribution in [3.63, 3.8) is 0 Å². The van der Waals surface area contributed by atoms with Gasteiger partial charge < -0.3 is 9.64 Å². The molecule has 4 saturated heterocycles. The number of para-hydroxylation sites is 1. The summed E-state index contributed by atoms with van der Waals surface area (Å²) >= 11 is 1.53. The Labute approximate surface area is 170 Å². The van der Waals surface area contributed by atoms with Gasteiger partial charge in [-0.1, -0.05) is 18.2 Å². The predicted octanol–water partition coefficient (Wildman–Crippen LogP) is 3.47. The highest BCUT2D eigenvalue weighted by Crippen LogP contribution is 2.48. The number of piperidine rings is 3. The van der Waals surface area contributed by atoms with Crippen molar-refractivity contribution < 1.29 is 9.53 Å². The van der Waals surface area contributed by atoms with Gasteiger partial charge in [0.2, 0.25) is 0 Å². The molecule has 148 valence electrons. The van der Waals surface area contributed by atoms with E-state index < -0.39 is 0 Å². The number of nitrogens with zero attached hydrogens (tertiary/aromatic N) is 3. The van der Waals surface area contributed by atoms with Gasteiger partial charge in [-0.15, -0.1) is 11.3 Å². The molecule has 0 saturated carbocycles. The van der Waals surface area contributed by atoms with Crippen LogP contribution >= 0.6 is 11.3 Å². The second kappa shape index (κ2) is 6.85. The Kier molecular flexibility index (Phi) is 4.43.